The number of aliphatic carboxylic acids is 1. The number of carboxylic acids is 1. The molecule has 1 aromatic rings. The highest BCUT2D eigenvalue weighted by atomic mass is 35.5. The van der Waals surface area contributed by atoms with Crippen LogP contribution in [0.1, 0.15) is 25.8 Å². The zero-order chi connectivity index (χ0) is 16.0. The molecule has 1 atom stereocenters. The Bertz CT molecular complexity index is 516. The van der Waals surface area contributed by atoms with Crippen molar-refractivity contribution in [1.29, 1.82) is 0 Å². The van der Waals surface area contributed by atoms with Crippen LogP contribution in [0.3, 0.4) is 0 Å². The highest BCUT2D eigenvalue weighted by molar-refractivity contribution is 6.31. The molecule has 0 aromatic heterocycles. The fraction of sp³-hybridized carbons (Fsp3) is 0.467. The summed E-state index contributed by atoms with van der Waals surface area (Å²) in [5.74, 6) is -0.614. The van der Waals surface area contributed by atoms with Crippen LogP contribution in [0.4, 0.5) is 0 Å². The number of halogens is 1. The fourth-order valence-corrected chi connectivity index (χ4v) is 2.15. The van der Waals surface area contributed by atoms with Gasteiger partial charge in [0.15, 0.2) is 0 Å². The molecule has 2 N–H and O–H groups in total. The first kappa shape index (κ1) is 17.3. The van der Waals surface area contributed by atoms with Gasteiger partial charge in [0.2, 0.25) is 5.91 Å². The van der Waals surface area contributed by atoms with Gasteiger partial charge in [0.25, 0.3) is 0 Å². The summed E-state index contributed by atoms with van der Waals surface area (Å²) in [6.45, 7) is 3.81. The first-order valence-corrected chi connectivity index (χ1v) is 7.05. The standard InChI is InChI=1S/C15H20ClNO4/c1-9(2)6-13(15(19)20)17-14(18)7-10-4-5-11(21-3)8-12(10)16/h4-5,8-9,13H,6-7H2,1-3H3,(H,17,18)(H,19,20). The van der Waals surface area contributed by atoms with Crippen molar-refractivity contribution >= 4 is 23.5 Å². The van der Waals surface area contributed by atoms with Crippen molar-refractivity contribution in [2.45, 2.75) is 32.7 Å². The van der Waals surface area contributed by atoms with Crippen LogP contribution in [0.2, 0.25) is 5.02 Å². The Morgan fingerprint density at radius 1 is 1.38 bits per heavy atom. The number of rotatable bonds is 7. The van der Waals surface area contributed by atoms with E-state index in [2.05, 4.69) is 5.32 Å². The van der Waals surface area contributed by atoms with Crippen molar-refractivity contribution in [2.75, 3.05) is 7.11 Å². The maximum atomic E-state index is 12.0. The van der Waals surface area contributed by atoms with E-state index in [0.717, 1.165) is 0 Å². The Morgan fingerprint density at radius 3 is 2.52 bits per heavy atom. The minimum Gasteiger partial charge on any atom is -0.497 e. The highest BCUT2D eigenvalue weighted by Crippen LogP contribution is 2.22. The Labute approximate surface area is 129 Å². The lowest BCUT2D eigenvalue weighted by Gasteiger charge is -2.16. The molecule has 0 aliphatic rings. The van der Waals surface area contributed by atoms with Gasteiger partial charge in [-0.2, -0.15) is 0 Å². The maximum absolute atomic E-state index is 12.0. The van der Waals surface area contributed by atoms with E-state index in [1.165, 1.54) is 7.11 Å². The number of methoxy groups -OCH3 is 1. The third-order valence-corrected chi connectivity index (χ3v) is 3.30. The Balaban J connectivity index is 2.70. The molecule has 21 heavy (non-hydrogen) atoms. The summed E-state index contributed by atoms with van der Waals surface area (Å²) in [4.78, 5) is 23.1. The van der Waals surface area contributed by atoms with Crippen molar-refractivity contribution in [3.05, 3.63) is 28.8 Å². The van der Waals surface area contributed by atoms with Gasteiger partial charge in [0.1, 0.15) is 11.8 Å². The minimum atomic E-state index is -1.03. The monoisotopic (exact) mass is 313 g/mol. The van der Waals surface area contributed by atoms with E-state index >= 15 is 0 Å². The number of carbonyl (C=O) groups excluding carboxylic acids is 1. The van der Waals surface area contributed by atoms with E-state index in [1.807, 2.05) is 13.8 Å². The second-order valence-corrected chi connectivity index (χ2v) is 5.63. The number of hydrogen-bond acceptors (Lipinski definition) is 3. The minimum absolute atomic E-state index is 0.0324. The highest BCUT2D eigenvalue weighted by Gasteiger charge is 2.21. The van der Waals surface area contributed by atoms with Crippen LogP contribution < -0.4 is 10.1 Å². The van der Waals surface area contributed by atoms with Gasteiger partial charge >= 0.3 is 5.97 Å². The molecule has 0 fully saturated rings. The molecule has 5 nitrogen and oxygen atoms in total. The molecule has 6 heteroatoms. The lowest BCUT2D eigenvalue weighted by Crippen LogP contribution is -2.42. The van der Waals surface area contributed by atoms with Gasteiger partial charge in [-0.15, -0.1) is 0 Å². The molecule has 1 unspecified atom stereocenters. The summed E-state index contributed by atoms with van der Waals surface area (Å²) in [6, 6.07) is 4.14. The predicted octanol–water partition coefficient (Wildman–Crippen LogP) is 2.51. The van der Waals surface area contributed by atoms with Crippen molar-refractivity contribution in [3.8, 4) is 5.75 Å². The zero-order valence-corrected chi connectivity index (χ0v) is 13.1. The third kappa shape index (κ3) is 5.63. The van der Waals surface area contributed by atoms with E-state index in [9.17, 15) is 9.59 Å². The van der Waals surface area contributed by atoms with E-state index in [-0.39, 0.29) is 18.2 Å². The number of ether oxygens (including phenoxy) is 1. The number of benzene rings is 1. The summed E-state index contributed by atoms with van der Waals surface area (Å²) >= 11 is 6.06. The van der Waals surface area contributed by atoms with Crippen LogP contribution in [0.15, 0.2) is 18.2 Å². The van der Waals surface area contributed by atoms with Gasteiger partial charge in [0.05, 0.1) is 13.5 Å². The summed E-state index contributed by atoms with van der Waals surface area (Å²) in [7, 11) is 1.53. The van der Waals surface area contributed by atoms with Crippen LogP contribution in [-0.2, 0) is 16.0 Å². The molecule has 116 valence electrons. The number of hydrogen-bond donors (Lipinski definition) is 2. The number of carbonyl (C=O) groups is 2. The molecule has 0 aliphatic heterocycles. The predicted molar refractivity (Wildman–Crippen MR) is 80.7 cm³/mol. The first-order chi connectivity index (χ1) is 9.83. The van der Waals surface area contributed by atoms with Gasteiger partial charge in [-0.3, -0.25) is 4.79 Å². The summed E-state index contributed by atoms with van der Waals surface area (Å²) < 4.78 is 5.03. The second kappa shape index (κ2) is 7.88. The second-order valence-electron chi connectivity index (χ2n) is 5.22. The van der Waals surface area contributed by atoms with E-state index < -0.39 is 12.0 Å². The van der Waals surface area contributed by atoms with Crippen LogP contribution in [0, 0.1) is 5.92 Å². The molecule has 0 spiro atoms. The zero-order valence-electron chi connectivity index (χ0n) is 12.4. The lowest BCUT2D eigenvalue weighted by molar-refractivity contribution is -0.142. The van der Waals surface area contributed by atoms with E-state index in [1.54, 1.807) is 18.2 Å². The van der Waals surface area contributed by atoms with Gasteiger partial charge in [0, 0.05) is 5.02 Å². The Kier molecular flexibility index (Phi) is 6.49. The molecule has 1 amide bonds. The topological polar surface area (TPSA) is 75.6 Å². The molecular weight excluding hydrogens is 294 g/mol. The quantitative estimate of drug-likeness (QED) is 0.811. The smallest absolute Gasteiger partial charge is 0.326 e. The molecule has 0 radical (unpaired) electrons. The van der Waals surface area contributed by atoms with Gasteiger partial charge in [-0.25, -0.2) is 4.79 Å². The molecule has 0 saturated carbocycles. The Hall–Kier alpha value is -1.75. The molecule has 0 aliphatic carbocycles. The van der Waals surface area contributed by atoms with E-state index in [4.69, 9.17) is 21.4 Å². The third-order valence-electron chi connectivity index (χ3n) is 2.95. The summed E-state index contributed by atoms with van der Waals surface area (Å²) in [5, 5.41) is 12.0. The van der Waals surface area contributed by atoms with Gasteiger partial charge in [-0.05, 0) is 30.0 Å². The van der Waals surface area contributed by atoms with Crippen LogP contribution in [0.5, 0.6) is 5.75 Å². The number of nitrogens with one attached hydrogen (secondary N) is 1. The number of carboxylic acid groups (broad SMARTS) is 1. The van der Waals surface area contributed by atoms with Crippen LogP contribution >= 0.6 is 11.6 Å². The SMILES string of the molecule is COc1ccc(CC(=O)NC(CC(C)C)C(=O)O)c(Cl)c1. The molecule has 0 heterocycles. The van der Waals surface area contributed by atoms with Crippen molar-refractivity contribution in [3.63, 3.8) is 0 Å². The van der Waals surface area contributed by atoms with Crippen LogP contribution in [-0.4, -0.2) is 30.1 Å². The molecule has 1 rings (SSSR count). The van der Waals surface area contributed by atoms with E-state index in [0.29, 0.717) is 22.8 Å². The van der Waals surface area contributed by atoms with Gasteiger partial charge in [-0.1, -0.05) is 31.5 Å². The fourth-order valence-electron chi connectivity index (χ4n) is 1.91. The number of amides is 1. The maximum Gasteiger partial charge on any atom is 0.326 e. The lowest BCUT2D eigenvalue weighted by atomic mass is 10.0. The largest absolute Gasteiger partial charge is 0.497 e. The molecule has 0 saturated heterocycles. The van der Waals surface area contributed by atoms with Crippen molar-refractivity contribution in [1.82, 2.24) is 5.32 Å². The average molecular weight is 314 g/mol. The average Bonchev–Trinajstić information content (AvgIpc) is 2.39. The van der Waals surface area contributed by atoms with Crippen LogP contribution in [0.25, 0.3) is 0 Å². The van der Waals surface area contributed by atoms with Gasteiger partial charge < -0.3 is 15.2 Å². The van der Waals surface area contributed by atoms with Crippen molar-refractivity contribution in [2.24, 2.45) is 5.92 Å². The molecule has 1 aromatic carbocycles. The summed E-state index contributed by atoms with van der Waals surface area (Å²) in [5.41, 5.74) is 0.628. The van der Waals surface area contributed by atoms with Crippen molar-refractivity contribution < 1.29 is 19.4 Å². The summed E-state index contributed by atoms with van der Waals surface area (Å²) in [6.07, 6.45) is 0.419. The molecular formula is C15H20ClNO4. The first-order valence-electron chi connectivity index (χ1n) is 6.68. The normalized spacial score (nSPS) is 12.0. The molecule has 0 bridgehead atoms. The Morgan fingerprint density at radius 2 is 2.05 bits per heavy atom.